The van der Waals surface area contributed by atoms with E-state index in [4.69, 9.17) is 11.6 Å². The van der Waals surface area contributed by atoms with Crippen LogP contribution in [0.3, 0.4) is 0 Å². The molecule has 2 atom stereocenters. The number of aromatic carboxylic acids is 1. The summed E-state index contributed by atoms with van der Waals surface area (Å²) in [5, 5.41) is 10.7. The van der Waals surface area contributed by atoms with E-state index in [1.54, 1.807) is 6.07 Å². The number of likely N-dealkylation sites (tertiary alicyclic amines) is 1. The van der Waals surface area contributed by atoms with Gasteiger partial charge >= 0.3 is 5.97 Å². The van der Waals surface area contributed by atoms with Gasteiger partial charge in [-0.3, -0.25) is 4.90 Å². The molecule has 3 aromatic rings. The van der Waals surface area contributed by atoms with Crippen molar-refractivity contribution in [2.75, 3.05) is 19.6 Å². The molecule has 0 radical (unpaired) electrons. The van der Waals surface area contributed by atoms with E-state index in [1.165, 1.54) is 11.8 Å². The normalized spacial score (nSPS) is 21.0. The summed E-state index contributed by atoms with van der Waals surface area (Å²) >= 11 is 6.54. The molecule has 2 unspecified atom stereocenters. The fourth-order valence-electron chi connectivity index (χ4n) is 4.92. The maximum Gasteiger partial charge on any atom is 0.337 e. The first-order chi connectivity index (χ1) is 15.5. The Morgan fingerprint density at radius 1 is 1.22 bits per heavy atom. The number of fused-ring (bicyclic) bond motifs is 1. The quantitative estimate of drug-likeness (QED) is 0.526. The number of carbonyl (C=O) groups is 1. The second-order valence-electron chi connectivity index (χ2n) is 8.46. The molecule has 6 heteroatoms. The summed E-state index contributed by atoms with van der Waals surface area (Å²) in [6.45, 7) is 5.31. The second-order valence-corrected chi connectivity index (χ2v) is 8.87. The molecule has 3 heterocycles. The van der Waals surface area contributed by atoms with Crippen LogP contribution in [0.15, 0.2) is 67.0 Å². The summed E-state index contributed by atoms with van der Waals surface area (Å²) in [7, 11) is 0. The van der Waals surface area contributed by atoms with Gasteiger partial charge in [-0.1, -0.05) is 41.9 Å². The van der Waals surface area contributed by atoms with Crippen LogP contribution in [0.25, 0.3) is 22.0 Å². The fraction of sp³-hybridized carbons (Fsp3) is 0.269. The van der Waals surface area contributed by atoms with E-state index in [1.807, 2.05) is 6.07 Å². The first-order valence-electron chi connectivity index (χ1n) is 11.0. The number of carboxylic acid groups (broad SMARTS) is 1. The Balaban J connectivity index is 1.36. The number of likely N-dealkylation sites (N-methyl/N-ethyl adjacent to an activating group) is 1. The van der Waals surface area contributed by atoms with Gasteiger partial charge in [0.1, 0.15) is 6.17 Å². The van der Waals surface area contributed by atoms with E-state index in [-0.39, 0.29) is 5.56 Å². The Labute approximate surface area is 192 Å². The molecule has 2 aliphatic heterocycles. The maximum atomic E-state index is 11.5. The third-order valence-electron chi connectivity index (χ3n) is 6.66. The van der Waals surface area contributed by atoms with Crippen LogP contribution in [0, 0.1) is 0 Å². The Hall–Kier alpha value is -3.02. The average molecular weight is 448 g/mol. The third kappa shape index (κ3) is 3.72. The fourth-order valence-corrected chi connectivity index (χ4v) is 5.20. The van der Waals surface area contributed by atoms with Crippen molar-refractivity contribution in [3.05, 3.63) is 83.2 Å². The number of benzene rings is 2. The number of hydrogen-bond donors (Lipinski definition) is 2. The number of carboxylic acids is 1. The van der Waals surface area contributed by atoms with Crippen molar-refractivity contribution in [3.8, 4) is 11.1 Å². The van der Waals surface area contributed by atoms with Crippen LogP contribution in [0.2, 0.25) is 5.02 Å². The maximum absolute atomic E-state index is 11.5. The lowest BCUT2D eigenvalue weighted by Crippen LogP contribution is -2.44. The van der Waals surface area contributed by atoms with Crippen molar-refractivity contribution < 1.29 is 9.90 Å². The first kappa shape index (κ1) is 20.9. The molecule has 2 aromatic carbocycles. The second kappa shape index (κ2) is 8.49. The summed E-state index contributed by atoms with van der Waals surface area (Å²) < 4.78 is 0. The van der Waals surface area contributed by atoms with Gasteiger partial charge in [-0.2, -0.15) is 0 Å². The van der Waals surface area contributed by atoms with E-state index in [0.717, 1.165) is 42.7 Å². The van der Waals surface area contributed by atoms with E-state index < -0.39 is 5.97 Å². The third-order valence-corrected chi connectivity index (χ3v) is 6.98. The van der Waals surface area contributed by atoms with Crippen LogP contribution in [0.1, 0.15) is 35.2 Å². The molecule has 0 spiro atoms. The molecule has 2 N–H and O–H groups in total. The van der Waals surface area contributed by atoms with Crippen molar-refractivity contribution in [1.82, 2.24) is 14.8 Å². The predicted octanol–water partition coefficient (Wildman–Crippen LogP) is 5.71. The van der Waals surface area contributed by atoms with E-state index in [2.05, 4.69) is 70.4 Å². The number of aromatic amines is 1. The van der Waals surface area contributed by atoms with Crippen molar-refractivity contribution >= 4 is 28.5 Å². The topological polar surface area (TPSA) is 59.6 Å². The molecular formula is C26H26ClN3O2. The van der Waals surface area contributed by atoms with Gasteiger partial charge in [0.25, 0.3) is 0 Å². The van der Waals surface area contributed by atoms with Gasteiger partial charge in [0, 0.05) is 48.5 Å². The number of aromatic nitrogens is 1. The minimum atomic E-state index is -0.949. The lowest BCUT2D eigenvalue weighted by molar-refractivity contribution is 0.0699. The lowest BCUT2D eigenvalue weighted by Gasteiger charge is -2.36. The Morgan fingerprint density at radius 2 is 2.03 bits per heavy atom. The number of hydrogen-bond acceptors (Lipinski definition) is 3. The summed E-state index contributed by atoms with van der Waals surface area (Å²) in [5.41, 5.74) is 4.16. The first-order valence-corrected chi connectivity index (χ1v) is 11.4. The molecule has 1 fully saturated rings. The van der Waals surface area contributed by atoms with E-state index in [0.29, 0.717) is 22.5 Å². The Morgan fingerprint density at radius 3 is 2.78 bits per heavy atom. The zero-order chi connectivity index (χ0) is 22.2. The number of allylic oxidation sites excluding steroid dienone is 2. The predicted molar refractivity (Wildman–Crippen MR) is 129 cm³/mol. The number of H-pyrrole nitrogens is 1. The molecular weight excluding hydrogens is 422 g/mol. The molecule has 0 aliphatic carbocycles. The number of nitrogens with one attached hydrogen (secondary N) is 1. The molecule has 0 amide bonds. The van der Waals surface area contributed by atoms with Crippen LogP contribution < -0.4 is 0 Å². The highest BCUT2D eigenvalue weighted by Gasteiger charge is 2.30. The SMILES string of the molecule is CCN1C=CC=CC1N1CCC(c2ccc(-c3cc4c(C(=O)O)c[nH]c4cc3Cl)cc2)C1. The molecule has 5 nitrogen and oxygen atoms in total. The zero-order valence-electron chi connectivity index (χ0n) is 18.0. The number of halogens is 1. The van der Waals surface area contributed by atoms with Crippen LogP contribution in [0.4, 0.5) is 0 Å². The lowest BCUT2D eigenvalue weighted by atomic mass is 9.95. The smallest absolute Gasteiger partial charge is 0.337 e. The van der Waals surface area contributed by atoms with Gasteiger partial charge in [0.15, 0.2) is 0 Å². The number of rotatable bonds is 5. The molecule has 32 heavy (non-hydrogen) atoms. The van der Waals surface area contributed by atoms with Crippen LogP contribution in [-0.4, -0.2) is 51.7 Å². The standard InChI is InChI=1S/C26H26ClN3O2/c1-2-29-11-4-3-5-25(29)30-12-10-19(16-30)17-6-8-18(9-7-17)20-13-21-22(26(31)32)15-28-24(21)14-23(20)27/h3-9,11,13-15,19,25,28H,2,10,12,16H2,1H3,(H,31,32). The van der Waals surface area contributed by atoms with Crippen LogP contribution in [-0.2, 0) is 0 Å². The van der Waals surface area contributed by atoms with Crippen LogP contribution >= 0.6 is 11.6 Å². The largest absolute Gasteiger partial charge is 0.478 e. The molecule has 1 aromatic heterocycles. The van der Waals surface area contributed by atoms with Gasteiger partial charge in [-0.25, -0.2) is 4.79 Å². The van der Waals surface area contributed by atoms with Crippen molar-refractivity contribution in [2.24, 2.45) is 0 Å². The van der Waals surface area contributed by atoms with Crippen LogP contribution in [0.5, 0.6) is 0 Å². The van der Waals surface area contributed by atoms with Gasteiger partial charge in [-0.05, 0) is 54.7 Å². The minimum absolute atomic E-state index is 0.258. The highest BCUT2D eigenvalue weighted by Crippen LogP contribution is 2.35. The highest BCUT2D eigenvalue weighted by molar-refractivity contribution is 6.34. The van der Waals surface area contributed by atoms with Gasteiger partial charge in [0.05, 0.1) is 10.6 Å². The summed E-state index contributed by atoms with van der Waals surface area (Å²) in [5.74, 6) is -0.445. The molecule has 5 rings (SSSR count). The molecule has 0 bridgehead atoms. The average Bonchev–Trinajstić information content (AvgIpc) is 3.46. The molecule has 164 valence electrons. The van der Waals surface area contributed by atoms with Gasteiger partial charge in [0.2, 0.25) is 0 Å². The summed E-state index contributed by atoms with van der Waals surface area (Å²) in [4.78, 5) is 19.4. The monoisotopic (exact) mass is 447 g/mol. The van der Waals surface area contributed by atoms with Crippen molar-refractivity contribution in [3.63, 3.8) is 0 Å². The minimum Gasteiger partial charge on any atom is -0.478 e. The zero-order valence-corrected chi connectivity index (χ0v) is 18.7. The Kier molecular flexibility index (Phi) is 5.53. The number of nitrogens with zero attached hydrogens (tertiary/aromatic N) is 2. The Bertz CT molecular complexity index is 1210. The summed E-state index contributed by atoms with van der Waals surface area (Å²) in [6, 6.07) is 12.2. The van der Waals surface area contributed by atoms with Crippen molar-refractivity contribution in [1.29, 1.82) is 0 Å². The summed E-state index contributed by atoms with van der Waals surface area (Å²) in [6.07, 6.45) is 11.7. The van der Waals surface area contributed by atoms with E-state index in [9.17, 15) is 9.90 Å². The van der Waals surface area contributed by atoms with E-state index >= 15 is 0 Å². The van der Waals surface area contributed by atoms with Crippen molar-refractivity contribution in [2.45, 2.75) is 25.4 Å². The molecule has 2 aliphatic rings. The molecule has 1 saturated heterocycles. The highest BCUT2D eigenvalue weighted by atomic mass is 35.5. The van der Waals surface area contributed by atoms with Gasteiger partial charge in [-0.15, -0.1) is 0 Å². The van der Waals surface area contributed by atoms with Gasteiger partial charge < -0.3 is 15.0 Å². The molecule has 0 saturated carbocycles.